The number of anilines is 2. The molecule has 0 N–H and O–H groups in total. The quantitative estimate of drug-likeness (QED) is 0.804. The van der Waals surface area contributed by atoms with Crippen molar-refractivity contribution >= 4 is 23.1 Å². The smallest absolute Gasteiger partial charge is 0.300 e. The number of amides is 1. The van der Waals surface area contributed by atoms with E-state index in [-0.39, 0.29) is 5.56 Å². The van der Waals surface area contributed by atoms with E-state index >= 15 is 0 Å². The average molecular weight is 339 g/mol. The van der Waals surface area contributed by atoms with Gasteiger partial charge in [-0.2, -0.15) is 0 Å². The lowest BCUT2D eigenvalue weighted by molar-refractivity contribution is -0.114. The van der Waals surface area contributed by atoms with E-state index in [2.05, 4.69) is 21.9 Å². The Morgan fingerprint density at radius 1 is 0.920 bits per heavy atom. The van der Waals surface area contributed by atoms with E-state index in [0.717, 1.165) is 32.2 Å². The zero-order valence-electron chi connectivity index (χ0n) is 13.7. The van der Waals surface area contributed by atoms with E-state index in [1.165, 1.54) is 22.7 Å². The van der Waals surface area contributed by atoms with Crippen molar-refractivity contribution in [2.24, 2.45) is 0 Å². The summed E-state index contributed by atoms with van der Waals surface area (Å²) in [7, 11) is 0. The number of ketones is 1. The van der Waals surface area contributed by atoms with Gasteiger partial charge in [-0.05, 0) is 30.3 Å². The summed E-state index contributed by atoms with van der Waals surface area (Å²) in [6.45, 7) is 3.66. The van der Waals surface area contributed by atoms with Crippen LogP contribution in [0.4, 0.5) is 15.8 Å². The number of fused-ring (bicyclic) bond motifs is 1. The molecule has 2 aromatic carbocycles. The van der Waals surface area contributed by atoms with Crippen LogP contribution < -0.4 is 9.80 Å². The molecule has 0 spiro atoms. The van der Waals surface area contributed by atoms with E-state index in [4.69, 9.17) is 0 Å². The van der Waals surface area contributed by atoms with Crippen LogP contribution >= 0.6 is 0 Å². The molecule has 0 radical (unpaired) electrons. The minimum atomic E-state index is -0.627. The lowest BCUT2D eigenvalue weighted by Gasteiger charge is -2.37. The fraction of sp³-hybridized carbons (Fsp3) is 0.263. The van der Waals surface area contributed by atoms with E-state index in [0.29, 0.717) is 12.4 Å². The third-order valence-electron chi connectivity index (χ3n) is 4.77. The SMILES string of the molecule is O=C1C(=O)N(CN2CCN(c3ccccc3)CC2)c2ccc(F)cc21. The highest BCUT2D eigenvalue weighted by atomic mass is 19.1. The predicted octanol–water partition coefficient (Wildman–Crippen LogP) is 2.13. The number of hydrogen-bond acceptors (Lipinski definition) is 4. The lowest BCUT2D eigenvalue weighted by atomic mass is 10.1. The summed E-state index contributed by atoms with van der Waals surface area (Å²) in [5.41, 5.74) is 1.85. The molecule has 2 aromatic rings. The van der Waals surface area contributed by atoms with Crippen LogP contribution in [-0.4, -0.2) is 49.4 Å². The van der Waals surface area contributed by atoms with E-state index in [1.54, 1.807) is 0 Å². The molecule has 0 aliphatic carbocycles. The topological polar surface area (TPSA) is 43.9 Å². The Kier molecular flexibility index (Phi) is 3.97. The Morgan fingerprint density at radius 2 is 1.64 bits per heavy atom. The number of para-hydroxylation sites is 1. The van der Waals surface area contributed by atoms with Gasteiger partial charge in [0, 0.05) is 31.9 Å². The van der Waals surface area contributed by atoms with Crippen LogP contribution in [0.3, 0.4) is 0 Å². The number of carbonyl (C=O) groups excluding carboxylic acids is 2. The fourth-order valence-electron chi connectivity index (χ4n) is 3.40. The summed E-state index contributed by atoms with van der Waals surface area (Å²) in [4.78, 5) is 30.2. The summed E-state index contributed by atoms with van der Waals surface area (Å²) < 4.78 is 13.4. The summed E-state index contributed by atoms with van der Waals surface area (Å²) in [6, 6.07) is 14.1. The molecule has 4 rings (SSSR count). The molecular weight excluding hydrogens is 321 g/mol. The number of Topliss-reactive ketones (excluding diaryl/α,β-unsaturated/α-hetero) is 1. The largest absolute Gasteiger partial charge is 0.369 e. The van der Waals surface area contributed by atoms with Crippen molar-refractivity contribution in [2.75, 3.05) is 42.6 Å². The summed E-state index contributed by atoms with van der Waals surface area (Å²) in [5, 5.41) is 0. The molecule has 0 atom stereocenters. The van der Waals surface area contributed by atoms with Crippen molar-refractivity contribution in [1.29, 1.82) is 0 Å². The van der Waals surface area contributed by atoms with Gasteiger partial charge in [0.2, 0.25) is 0 Å². The third-order valence-corrected chi connectivity index (χ3v) is 4.77. The highest BCUT2D eigenvalue weighted by Gasteiger charge is 2.37. The van der Waals surface area contributed by atoms with Gasteiger partial charge < -0.3 is 4.90 Å². The van der Waals surface area contributed by atoms with Gasteiger partial charge in [0.05, 0.1) is 17.9 Å². The Hall–Kier alpha value is -2.73. The second-order valence-corrected chi connectivity index (χ2v) is 6.31. The Morgan fingerprint density at radius 3 is 2.36 bits per heavy atom. The molecule has 5 nitrogen and oxygen atoms in total. The zero-order chi connectivity index (χ0) is 17.4. The van der Waals surface area contributed by atoms with Gasteiger partial charge in [-0.3, -0.25) is 19.4 Å². The Balaban J connectivity index is 1.44. The number of hydrogen-bond donors (Lipinski definition) is 0. The van der Waals surface area contributed by atoms with Crippen LogP contribution in [0, 0.1) is 5.82 Å². The van der Waals surface area contributed by atoms with Crippen molar-refractivity contribution in [1.82, 2.24) is 4.90 Å². The van der Waals surface area contributed by atoms with Crippen molar-refractivity contribution in [3.8, 4) is 0 Å². The van der Waals surface area contributed by atoms with Crippen molar-refractivity contribution in [2.45, 2.75) is 0 Å². The van der Waals surface area contributed by atoms with Crippen molar-refractivity contribution in [3.05, 3.63) is 59.9 Å². The molecule has 2 heterocycles. The maximum atomic E-state index is 13.4. The summed E-state index contributed by atoms with van der Waals surface area (Å²) >= 11 is 0. The predicted molar refractivity (Wildman–Crippen MR) is 93.3 cm³/mol. The first-order chi connectivity index (χ1) is 12.1. The van der Waals surface area contributed by atoms with Gasteiger partial charge in [-0.1, -0.05) is 18.2 Å². The minimum Gasteiger partial charge on any atom is -0.369 e. The lowest BCUT2D eigenvalue weighted by Crippen LogP contribution is -2.51. The molecule has 0 aromatic heterocycles. The van der Waals surface area contributed by atoms with E-state index in [1.807, 2.05) is 18.2 Å². The molecule has 2 aliphatic heterocycles. The van der Waals surface area contributed by atoms with Crippen LogP contribution in [0.2, 0.25) is 0 Å². The monoisotopic (exact) mass is 339 g/mol. The minimum absolute atomic E-state index is 0.160. The van der Waals surface area contributed by atoms with Crippen molar-refractivity contribution in [3.63, 3.8) is 0 Å². The van der Waals surface area contributed by atoms with Gasteiger partial charge in [-0.15, -0.1) is 0 Å². The van der Waals surface area contributed by atoms with Gasteiger partial charge in [-0.25, -0.2) is 4.39 Å². The van der Waals surface area contributed by atoms with Crippen LogP contribution in [0.1, 0.15) is 10.4 Å². The van der Waals surface area contributed by atoms with Crippen LogP contribution in [0.15, 0.2) is 48.5 Å². The van der Waals surface area contributed by atoms with Crippen LogP contribution in [0.5, 0.6) is 0 Å². The van der Waals surface area contributed by atoms with Crippen LogP contribution in [0.25, 0.3) is 0 Å². The highest BCUT2D eigenvalue weighted by Crippen LogP contribution is 2.29. The highest BCUT2D eigenvalue weighted by molar-refractivity contribution is 6.52. The van der Waals surface area contributed by atoms with Gasteiger partial charge in [0.15, 0.2) is 0 Å². The van der Waals surface area contributed by atoms with Crippen LogP contribution in [-0.2, 0) is 4.79 Å². The van der Waals surface area contributed by atoms with E-state index < -0.39 is 17.5 Å². The third kappa shape index (κ3) is 2.89. The first-order valence-corrected chi connectivity index (χ1v) is 8.31. The number of piperazine rings is 1. The average Bonchev–Trinajstić information content (AvgIpc) is 2.88. The molecule has 0 saturated carbocycles. The molecule has 0 unspecified atom stereocenters. The molecule has 1 saturated heterocycles. The van der Waals surface area contributed by atoms with Gasteiger partial charge in [0.1, 0.15) is 5.82 Å². The second-order valence-electron chi connectivity index (χ2n) is 6.31. The first kappa shape index (κ1) is 15.8. The molecular formula is C19H18FN3O2. The molecule has 25 heavy (non-hydrogen) atoms. The number of halogens is 1. The molecule has 2 aliphatic rings. The molecule has 1 amide bonds. The maximum absolute atomic E-state index is 13.4. The standard InChI is InChI=1S/C19H18FN3O2/c20-14-6-7-17-16(12-14)18(24)19(25)23(17)13-21-8-10-22(11-9-21)15-4-2-1-3-5-15/h1-7,12H,8-11,13H2. The first-order valence-electron chi connectivity index (χ1n) is 8.31. The molecule has 6 heteroatoms. The van der Waals surface area contributed by atoms with Gasteiger partial charge in [0.25, 0.3) is 5.78 Å². The maximum Gasteiger partial charge on any atom is 0.300 e. The second kappa shape index (κ2) is 6.29. The Bertz CT molecular complexity index is 817. The summed E-state index contributed by atoms with van der Waals surface area (Å²) in [6.07, 6.45) is 0. The number of carbonyl (C=O) groups is 2. The summed E-state index contributed by atoms with van der Waals surface area (Å²) in [5.74, 6) is -1.71. The van der Waals surface area contributed by atoms with Gasteiger partial charge >= 0.3 is 5.91 Å². The molecule has 1 fully saturated rings. The Labute approximate surface area is 145 Å². The number of nitrogens with zero attached hydrogens (tertiary/aromatic N) is 3. The molecule has 128 valence electrons. The van der Waals surface area contributed by atoms with Crippen molar-refractivity contribution < 1.29 is 14.0 Å². The fourth-order valence-corrected chi connectivity index (χ4v) is 3.40. The number of rotatable bonds is 3. The number of benzene rings is 2. The molecule has 0 bridgehead atoms. The van der Waals surface area contributed by atoms with E-state index in [9.17, 15) is 14.0 Å². The normalized spacial score (nSPS) is 18.0. The zero-order valence-corrected chi connectivity index (χ0v) is 13.7.